The summed E-state index contributed by atoms with van der Waals surface area (Å²) in [5.41, 5.74) is 3.46. The average molecular weight is 477 g/mol. The van der Waals surface area contributed by atoms with E-state index in [2.05, 4.69) is 67.3 Å². The molecule has 0 fully saturated rings. The van der Waals surface area contributed by atoms with Crippen molar-refractivity contribution in [1.29, 1.82) is 0 Å². The predicted octanol–water partition coefficient (Wildman–Crippen LogP) is 6.24. The Balaban J connectivity index is 1.67. The van der Waals surface area contributed by atoms with Gasteiger partial charge in [0, 0.05) is 27.0 Å². The smallest absolute Gasteiger partial charge is 0.247 e. The monoisotopic (exact) mass is 476 g/mol. The summed E-state index contributed by atoms with van der Waals surface area (Å²) in [4.78, 5) is 4.66. The first-order valence-corrected chi connectivity index (χ1v) is 11.2. The average Bonchev–Trinajstić information content (AvgIpc) is 2.93. The van der Waals surface area contributed by atoms with Crippen molar-refractivity contribution in [1.82, 2.24) is 15.2 Å². The molecule has 0 saturated carbocycles. The predicted molar refractivity (Wildman–Crippen MR) is 125 cm³/mol. The molecule has 1 atom stereocenters. The molecule has 7 heteroatoms. The third-order valence-electron chi connectivity index (χ3n) is 4.82. The molecule has 0 saturated heterocycles. The molecule has 0 bridgehead atoms. The van der Waals surface area contributed by atoms with Crippen molar-refractivity contribution in [3.8, 4) is 17.1 Å². The molecule has 0 radical (unpaired) electrons. The van der Waals surface area contributed by atoms with Crippen molar-refractivity contribution < 1.29 is 4.74 Å². The standard InChI is InChI=1S/C23H17BrN4OS/c1-2-12-30-23-26-22-20(27-28-23)18-13-15(24)10-11-19(18)25-21(29-22)17-9-5-7-14-6-3-4-8-16(14)17/h2-11,13,21,25H,1,12H2/t21-/m1/s1. The minimum absolute atomic E-state index is 0.425. The van der Waals surface area contributed by atoms with Gasteiger partial charge in [0.1, 0.15) is 0 Å². The van der Waals surface area contributed by atoms with Crippen LogP contribution in [0.1, 0.15) is 11.8 Å². The highest BCUT2D eigenvalue weighted by Crippen LogP contribution is 2.41. The Morgan fingerprint density at radius 2 is 1.97 bits per heavy atom. The van der Waals surface area contributed by atoms with E-state index in [0.717, 1.165) is 32.1 Å². The van der Waals surface area contributed by atoms with Gasteiger partial charge >= 0.3 is 0 Å². The van der Waals surface area contributed by atoms with Crippen molar-refractivity contribution in [2.75, 3.05) is 11.1 Å². The van der Waals surface area contributed by atoms with Gasteiger partial charge in [-0.15, -0.1) is 16.8 Å². The van der Waals surface area contributed by atoms with Crippen LogP contribution in [0, 0.1) is 0 Å². The van der Waals surface area contributed by atoms with Gasteiger partial charge in [-0.05, 0) is 29.0 Å². The maximum Gasteiger partial charge on any atom is 0.247 e. The molecular formula is C23H17BrN4OS. The summed E-state index contributed by atoms with van der Waals surface area (Å²) < 4.78 is 7.36. The number of nitrogens with zero attached hydrogens (tertiary/aromatic N) is 3. The van der Waals surface area contributed by atoms with Crippen LogP contribution < -0.4 is 10.1 Å². The second kappa shape index (κ2) is 8.08. The quantitative estimate of drug-likeness (QED) is 0.278. The number of aromatic nitrogens is 3. The molecule has 0 spiro atoms. The first-order chi connectivity index (χ1) is 14.7. The van der Waals surface area contributed by atoms with E-state index >= 15 is 0 Å². The first-order valence-electron chi connectivity index (χ1n) is 9.42. The number of rotatable bonds is 4. The zero-order chi connectivity index (χ0) is 20.5. The van der Waals surface area contributed by atoms with Gasteiger partial charge < -0.3 is 10.1 Å². The SMILES string of the molecule is C=CCSc1nnc2c(n1)O[C@H](c1cccc3ccccc13)Nc1ccc(Br)cc1-2. The van der Waals surface area contributed by atoms with Crippen LogP contribution in [0.4, 0.5) is 5.69 Å². The lowest BCUT2D eigenvalue weighted by molar-refractivity contribution is 0.226. The fraction of sp³-hybridized carbons (Fsp3) is 0.0870. The van der Waals surface area contributed by atoms with E-state index in [-0.39, 0.29) is 0 Å². The second-order valence-corrected chi connectivity index (χ2v) is 8.65. The molecule has 30 heavy (non-hydrogen) atoms. The summed E-state index contributed by atoms with van der Waals surface area (Å²) in [6.07, 6.45) is 1.39. The van der Waals surface area contributed by atoms with E-state index in [1.807, 2.05) is 42.5 Å². The molecule has 5 rings (SSSR count). The van der Waals surface area contributed by atoms with Gasteiger partial charge in [-0.1, -0.05) is 76.2 Å². The van der Waals surface area contributed by atoms with Crippen LogP contribution in [0.15, 0.2) is 82.9 Å². The molecule has 1 aromatic heterocycles. The highest BCUT2D eigenvalue weighted by molar-refractivity contribution is 9.10. The number of halogens is 1. The van der Waals surface area contributed by atoms with Crippen LogP contribution in [0.3, 0.4) is 0 Å². The van der Waals surface area contributed by atoms with Crippen molar-refractivity contribution in [2.24, 2.45) is 0 Å². The number of benzene rings is 3. The zero-order valence-electron chi connectivity index (χ0n) is 15.9. The molecule has 1 aliphatic rings. The second-order valence-electron chi connectivity index (χ2n) is 6.75. The molecule has 1 N–H and O–H groups in total. The summed E-state index contributed by atoms with van der Waals surface area (Å²) in [7, 11) is 0. The number of hydrogen-bond acceptors (Lipinski definition) is 6. The fourth-order valence-corrected chi connectivity index (χ4v) is 4.36. The number of ether oxygens (including phenoxy) is 1. The van der Waals surface area contributed by atoms with Crippen LogP contribution >= 0.6 is 27.7 Å². The van der Waals surface area contributed by atoms with E-state index in [1.54, 1.807) is 0 Å². The maximum atomic E-state index is 6.41. The fourth-order valence-electron chi connectivity index (χ4n) is 3.48. The van der Waals surface area contributed by atoms with Crippen LogP contribution in [0.5, 0.6) is 5.88 Å². The lowest BCUT2D eigenvalue weighted by atomic mass is 10.0. The summed E-state index contributed by atoms with van der Waals surface area (Å²) in [5.74, 6) is 1.16. The van der Waals surface area contributed by atoms with E-state index in [1.165, 1.54) is 11.8 Å². The third-order valence-corrected chi connectivity index (χ3v) is 6.15. The highest BCUT2D eigenvalue weighted by Gasteiger charge is 2.27. The molecule has 3 aromatic carbocycles. The molecule has 2 heterocycles. The van der Waals surface area contributed by atoms with Crippen molar-refractivity contribution >= 4 is 44.2 Å². The van der Waals surface area contributed by atoms with Crippen molar-refractivity contribution in [3.63, 3.8) is 0 Å². The Morgan fingerprint density at radius 3 is 2.87 bits per heavy atom. The normalized spacial score (nSPS) is 14.8. The Kier molecular flexibility index (Phi) is 5.14. The van der Waals surface area contributed by atoms with E-state index in [4.69, 9.17) is 4.74 Å². The lowest BCUT2D eigenvalue weighted by Gasteiger charge is -2.21. The Morgan fingerprint density at radius 1 is 1.10 bits per heavy atom. The third kappa shape index (κ3) is 3.55. The summed E-state index contributed by atoms with van der Waals surface area (Å²) in [6.45, 7) is 3.76. The maximum absolute atomic E-state index is 6.41. The van der Waals surface area contributed by atoms with Gasteiger partial charge in [0.2, 0.25) is 11.0 Å². The van der Waals surface area contributed by atoms with Crippen LogP contribution in [-0.4, -0.2) is 20.9 Å². The van der Waals surface area contributed by atoms with E-state index < -0.39 is 6.23 Å². The van der Waals surface area contributed by atoms with Gasteiger partial charge in [-0.25, -0.2) is 0 Å². The van der Waals surface area contributed by atoms with Crippen molar-refractivity contribution in [3.05, 3.63) is 83.4 Å². The van der Waals surface area contributed by atoms with E-state index in [9.17, 15) is 0 Å². The lowest BCUT2D eigenvalue weighted by Crippen LogP contribution is -2.17. The van der Waals surface area contributed by atoms with Crippen LogP contribution in [0.2, 0.25) is 0 Å². The van der Waals surface area contributed by atoms with Gasteiger partial charge in [-0.3, -0.25) is 0 Å². The molecule has 148 valence electrons. The van der Waals surface area contributed by atoms with Crippen LogP contribution in [0.25, 0.3) is 22.0 Å². The van der Waals surface area contributed by atoms with Gasteiger partial charge in [0.25, 0.3) is 0 Å². The Bertz CT molecular complexity index is 1260. The molecular weight excluding hydrogens is 460 g/mol. The molecule has 1 aliphatic heterocycles. The summed E-state index contributed by atoms with van der Waals surface area (Å²) >= 11 is 5.03. The minimum Gasteiger partial charge on any atom is -0.448 e. The first kappa shape index (κ1) is 19.1. The number of anilines is 1. The van der Waals surface area contributed by atoms with Gasteiger partial charge in [0.05, 0.1) is 0 Å². The number of thioether (sulfide) groups is 1. The summed E-state index contributed by atoms with van der Waals surface area (Å²) in [5, 5.41) is 15.1. The van der Waals surface area contributed by atoms with E-state index in [0.29, 0.717) is 22.5 Å². The molecule has 0 amide bonds. The largest absolute Gasteiger partial charge is 0.448 e. The van der Waals surface area contributed by atoms with Crippen LogP contribution in [-0.2, 0) is 0 Å². The molecule has 4 aromatic rings. The molecule has 5 nitrogen and oxygen atoms in total. The Labute approximate surface area is 186 Å². The summed E-state index contributed by atoms with van der Waals surface area (Å²) in [6, 6.07) is 20.5. The Hall–Kier alpha value is -2.90. The highest BCUT2D eigenvalue weighted by atomic mass is 79.9. The minimum atomic E-state index is -0.425. The number of nitrogens with one attached hydrogen (secondary N) is 1. The van der Waals surface area contributed by atoms with Gasteiger partial charge in [0.15, 0.2) is 11.9 Å². The number of hydrogen-bond donors (Lipinski definition) is 1. The topological polar surface area (TPSA) is 59.9 Å². The van der Waals surface area contributed by atoms with Gasteiger partial charge in [-0.2, -0.15) is 4.98 Å². The number of fused-ring (bicyclic) bond motifs is 4. The molecule has 0 aliphatic carbocycles. The molecule has 0 unspecified atom stereocenters. The van der Waals surface area contributed by atoms with Crippen molar-refractivity contribution in [2.45, 2.75) is 11.4 Å². The zero-order valence-corrected chi connectivity index (χ0v) is 18.3.